The molecule has 0 radical (unpaired) electrons. The molecule has 2 saturated heterocycles. The highest BCUT2D eigenvalue weighted by atomic mass is 35.5. The van der Waals surface area contributed by atoms with Gasteiger partial charge in [-0.1, -0.05) is 96.0 Å². The van der Waals surface area contributed by atoms with Crippen LogP contribution >= 0.6 is 58.0 Å². The lowest BCUT2D eigenvalue weighted by Gasteiger charge is -2.35. The fraction of sp³-hybridized carbons (Fsp3) is 0.200. The molecule has 2 aromatic heterocycles. The first-order chi connectivity index (χ1) is 27.6. The SMILES string of the molecule is C=CC(=O)Cl.C=CC(=O)N1CCN(c2nccc3cc(Cl)c(-c4ccccc4Cl)cc23)CC1.Clc1ccccc1-c1cc2c(N3CCCCC3)nccc2cc1Cl. The van der Waals surface area contributed by atoms with Gasteiger partial charge in [-0.15, -0.1) is 0 Å². The van der Waals surface area contributed by atoms with E-state index in [4.69, 9.17) is 58.0 Å². The minimum Gasteiger partial charge on any atom is -0.356 e. The summed E-state index contributed by atoms with van der Waals surface area (Å²) in [5.74, 6) is 1.92. The Bertz CT molecular complexity index is 2430. The van der Waals surface area contributed by atoms with Gasteiger partial charge in [0.05, 0.1) is 0 Å². The summed E-state index contributed by atoms with van der Waals surface area (Å²) in [6, 6.07) is 27.6. The summed E-state index contributed by atoms with van der Waals surface area (Å²) in [4.78, 5) is 37.0. The summed E-state index contributed by atoms with van der Waals surface area (Å²) in [6.07, 6.45) is 9.83. The summed E-state index contributed by atoms with van der Waals surface area (Å²) in [5.41, 5.74) is 3.70. The monoisotopic (exact) mass is 857 g/mol. The van der Waals surface area contributed by atoms with E-state index in [1.165, 1.54) is 25.3 Å². The Morgan fingerprint density at radius 1 is 0.544 bits per heavy atom. The average molecular weight is 860 g/mol. The van der Waals surface area contributed by atoms with Crippen LogP contribution < -0.4 is 9.80 Å². The van der Waals surface area contributed by atoms with Crippen LogP contribution in [0.15, 0.2) is 123 Å². The third-order valence-corrected chi connectivity index (χ3v) is 11.3. The molecule has 12 heteroatoms. The molecule has 0 atom stereocenters. The maximum atomic E-state index is 11.8. The van der Waals surface area contributed by atoms with E-state index in [9.17, 15) is 9.59 Å². The Labute approximate surface area is 358 Å². The molecule has 7 nitrogen and oxygen atoms in total. The first-order valence-electron chi connectivity index (χ1n) is 18.5. The number of carbonyl (C=O) groups excluding carboxylic acids is 2. The molecule has 8 rings (SSSR count). The van der Waals surface area contributed by atoms with Crippen LogP contribution in [0.4, 0.5) is 11.6 Å². The number of carbonyl (C=O) groups is 2. The second kappa shape index (κ2) is 19.7. The topological polar surface area (TPSA) is 69.6 Å². The fourth-order valence-corrected chi connectivity index (χ4v) is 8.03. The highest BCUT2D eigenvalue weighted by Crippen LogP contribution is 2.40. The lowest BCUT2D eigenvalue weighted by molar-refractivity contribution is -0.126. The molecule has 2 aliphatic rings. The first kappa shape index (κ1) is 42.0. The van der Waals surface area contributed by atoms with Crippen LogP contribution in [0.2, 0.25) is 20.1 Å². The van der Waals surface area contributed by atoms with Gasteiger partial charge in [-0.25, -0.2) is 9.97 Å². The fourth-order valence-electron chi connectivity index (χ4n) is 7.01. The summed E-state index contributed by atoms with van der Waals surface area (Å²) in [5, 5.41) is 6.52. The number of halogens is 5. The van der Waals surface area contributed by atoms with Gasteiger partial charge >= 0.3 is 0 Å². The number of fused-ring (bicyclic) bond motifs is 2. The maximum Gasteiger partial charge on any atom is 0.246 e. The molecule has 0 saturated carbocycles. The van der Waals surface area contributed by atoms with E-state index in [1.54, 1.807) is 11.1 Å². The predicted molar refractivity (Wildman–Crippen MR) is 241 cm³/mol. The number of hydrogen-bond donors (Lipinski definition) is 0. The third-order valence-electron chi connectivity index (χ3n) is 9.87. The number of piperazine rings is 1. The minimum atomic E-state index is -0.509. The zero-order valence-electron chi connectivity index (χ0n) is 31.1. The standard InChI is InChI=1S/C22H19Cl2N3O.C20H18Cl2N2.C3H3ClO/c1-2-21(28)26-9-11-27(12-10-26)22-17-14-18(16-5-3-4-6-19(16)23)20(24)13-15(17)7-8-25-22;21-18-7-3-2-6-15(18)17-13-16-14(12-19(17)22)8-9-23-20(16)24-10-4-1-5-11-24;1-2-3(4)5/h2-8,13-14H,1,9-12H2;2-3,6-9,12-13H,1,4-5,10-11H2;2H,1H2. The molecule has 4 heterocycles. The largest absolute Gasteiger partial charge is 0.356 e. The second-order valence-corrected chi connectivity index (χ2v) is 15.4. The van der Waals surface area contributed by atoms with Gasteiger partial charge in [0.25, 0.3) is 0 Å². The van der Waals surface area contributed by atoms with Gasteiger partial charge in [0.2, 0.25) is 11.1 Å². The van der Waals surface area contributed by atoms with E-state index in [0.29, 0.717) is 33.2 Å². The number of allylic oxidation sites excluding steroid dienone is 1. The summed E-state index contributed by atoms with van der Waals surface area (Å²) in [6.45, 7) is 11.5. The van der Waals surface area contributed by atoms with Gasteiger partial charge in [0.1, 0.15) is 11.6 Å². The number of benzene rings is 4. The first-order valence-corrected chi connectivity index (χ1v) is 20.4. The van der Waals surface area contributed by atoms with E-state index >= 15 is 0 Å². The van der Waals surface area contributed by atoms with Crippen molar-refractivity contribution in [1.29, 1.82) is 0 Å². The number of aromatic nitrogens is 2. The van der Waals surface area contributed by atoms with Crippen LogP contribution in [0.25, 0.3) is 43.8 Å². The number of hydrogen-bond acceptors (Lipinski definition) is 6. The van der Waals surface area contributed by atoms with Crippen molar-refractivity contribution in [2.75, 3.05) is 49.1 Å². The molecule has 0 N–H and O–H groups in total. The highest BCUT2D eigenvalue weighted by Gasteiger charge is 2.23. The van der Waals surface area contributed by atoms with Crippen LogP contribution in [0.3, 0.4) is 0 Å². The molecule has 4 aromatic carbocycles. The summed E-state index contributed by atoms with van der Waals surface area (Å²) in [7, 11) is 0. The molecular weight excluding hydrogens is 820 g/mol. The van der Waals surface area contributed by atoms with Gasteiger partial charge in [-0.3, -0.25) is 9.59 Å². The van der Waals surface area contributed by atoms with Crippen molar-refractivity contribution in [1.82, 2.24) is 14.9 Å². The Kier molecular flexibility index (Phi) is 14.5. The van der Waals surface area contributed by atoms with Gasteiger partial charge in [-0.2, -0.15) is 0 Å². The Hall–Kier alpha value is -4.63. The second-order valence-electron chi connectivity index (χ2n) is 13.4. The lowest BCUT2D eigenvalue weighted by Crippen LogP contribution is -2.48. The van der Waals surface area contributed by atoms with Gasteiger partial charge in [0, 0.05) is 105 Å². The average Bonchev–Trinajstić information content (AvgIpc) is 3.24. The third kappa shape index (κ3) is 10.1. The van der Waals surface area contributed by atoms with Crippen LogP contribution in [-0.4, -0.2) is 65.3 Å². The Morgan fingerprint density at radius 2 is 0.982 bits per heavy atom. The molecule has 6 aromatic rings. The zero-order chi connectivity index (χ0) is 40.5. The van der Waals surface area contributed by atoms with Crippen molar-refractivity contribution in [3.05, 3.63) is 143 Å². The molecule has 292 valence electrons. The van der Waals surface area contributed by atoms with Gasteiger partial charge in [0.15, 0.2) is 0 Å². The van der Waals surface area contributed by atoms with Gasteiger partial charge in [-0.05, 0) is 102 Å². The van der Waals surface area contributed by atoms with Crippen LogP contribution in [0.5, 0.6) is 0 Å². The molecule has 57 heavy (non-hydrogen) atoms. The van der Waals surface area contributed by atoms with Gasteiger partial charge < -0.3 is 14.7 Å². The maximum absolute atomic E-state index is 11.8. The zero-order valence-corrected chi connectivity index (χ0v) is 34.9. The van der Waals surface area contributed by atoms with Crippen molar-refractivity contribution in [2.24, 2.45) is 0 Å². The molecule has 0 aliphatic carbocycles. The molecule has 0 spiro atoms. The number of piperidine rings is 1. The summed E-state index contributed by atoms with van der Waals surface area (Å²) < 4.78 is 0. The highest BCUT2D eigenvalue weighted by molar-refractivity contribution is 6.66. The van der Waals surface area contributed by atoms with Crippen LogP contribution in [0.1, 0.15) is 19.3 Å². The van der Waals surface area contributed by atoms with Crippen LogP contribution in [0, 0.1) is 0 Å². The van der Waals surface area contributed by atoms with Crippen LogP contribution in [-0.2, 0) is 9.59 Å². The smallest absolute Gasteiger partial charge is 0.246 e. The number of rotatable bonds is 6. The van der Waals surface area contributed by atoms with E-state index in [0.717, 1.165) is 87.7 Å². The van der Waals surface area contributed by atoms with Crippen molar-refractivity contribution in [2.45, 2.75) is 19.3 Å². The quantitative estimate of drug-likeness (QED) is 0.123. The van der Waals surface area contributed by atoms with E-state index in [-0.39, 0.29) is 5.91 Å². The molecule has 0 bridgehead atoms. The number of pyridine rings is 2. The Morgan fingerprint density at radius 3 is 1.40 bits per heavy atom. The predicted octanol–water partition coefficient (Wildman–Crippen LogP) is 12.2. The molecular formula is C45H40Cl5N5O2. The lowest BCUT2D eigenvalue weighted by atomic mass is 10.0. The molecule has 2 fully saturated rings. The number of amides is 1. The van der Waals surface area contributed by atoms with Crippen molar-refractivity contribution in [3.63, 3.8) is 0 Å². The van der Waals surface area contributed by atoms with Crippen molar-refractivity contribution < 1.29 is 9.59 Å². The number of nitrogens with zero attached hydrogens (tertiary/aromatic N) is 5. The van der Waals surface area contributed by atoms with Crippen molar-refractivity contribution in [3.8, 4) is 22.3 Å². The molecule has 2 aliphatic heterocycles. The summed E-state index contributed by atoms with van der Waals surface area (Å²) >= 11 is 30.6. The minimum absolute atomic E-state index is 0.0293. The molecule has 1 amide bonds. The van der Waals surface area contributed by atoms with E-state index < -0.39 is 5.24 Å². The van der Waals surface area contributed by atoms with E-state index in [1.807, 2.05) is 79.0 Å². The van der Waals surface area contributed by atoms with Crippen molar-refractivity contribution >= 4 is 102 Å². The number of anilines is 2. The Balaban J connectivity index is 0.000000174. The van der Waals surface area contributed by atoms with E-state index in [2.05, 4.69) is 45.1 Å². The molecule has 0 unspecified atom stereocenters. The normalized spacial score (nSPS) is 13.9.